The highest BCUT2D eigenvalue weighted by Gasteiger charge is 2.45. The summed E-state index contributed by atoms with van der Waals surface area (Å²) in [5, 5.41) is 11.3. The number of carbonyl (C=O) groups is 2. The molecular weight excluding hydrogens is 402 g/mol. The number of ketones is 1. The molecule has 168 valence electrons. The SMILES string of the molecule is CCCCCN1C(=O)C(=O)/C(=C(\O)c2ccc3c(c2)CC(C)O3)C1c1ccc(CC)cc1. The standard InChI is InChI=1S/C27H31NO4/c1-4-6-7-14-28-24(19-10-8-18(5-2)9-11-19)23(26(30)27(28)31)25(29)20-12-13-22-21(16-20)15-17(3)32-22/h8-13,16-17,24,29H,4-7,14-15H2,1-3H3/b25-23-. The third-order valence-electron chi connectivity index (χ3n) is 6.42. The lowest BCUT2D eigenvalue weighted by Crippen LogP contribution is -2.30. The predicted molar refractivity (Wildman–Crippen MR) is 125 cm³/mol. The Morgan fingerprint density at radius 3 is 2.53 bits per heavy atom. The molecule has 0 aliphatic carbocycles. The van der Waals surface area contributed by atoms with Crippen LogP contribution in [0, 0.1) is 0 Å². The Morgan fingerprint density at radius 1 is 1.09 bits per heavy atom. The Morgan fingerprint density at radius 2 is 1.84 bits per heavy atom. The van der Waals surface area contributed by atoms with E-state index in [-0.39, 0.29) is 17.4 Å². The molecule has 5 nitrogen and oxygen atoms in total. The van der Waals surface area contributed by atoms with E-state index in [1.54, 1.807) is 11.0 Å². The van der Waals surface area contributed by atoms with Gasteiger partial charge < -0.3 is 14.7 Å². The van der Waals surface area contributed by atoms with Crippen LogP contribution < -0.4 is 4.74 Å². The van der Waals surface area contributed by atoms with E-state index in [4.69, 9.17) is 4.74 Å². The van der Waals surface area contributed by atoms with Gasteiger partial charge in [-0.3, -0.25) is 9.59 Å². The third-order valence-corrected chi connectivity index (χ3v) is 6.42. The minimum atomic E-state index is -0.617. The van der Waals surface area contributed by atoms with Gasteiger partial charge in [-0.1, -0.05) is 51.0 Å². The monoisotopic (exact) mass is 433 g/mol. The quantitative estimate of drug-likeness (QED) is 0.283. The van der Waals surface area contributed by atoms with E-state index >= 15 is 0 Å². The van der Waals surface area contributed by atoms with Crippen molar-refractivity contribution in [2.45, 2.75) is 65.0 Å². The average molecular weight is 434 g/mol. The van der Waals surface area contributed by atoms with Crippen molar-refractivity contribution in [3.63, 3.8) is 0 Å². The molecule has 2 aliphatic rings. The van der Waals surface area contributed by atoms with Gasteiger partial charge >= 0.3 is 0 Å². The van der Waals surface area contributed by atoms with E-state index < -0.39 is 17.7 Å². The van der Waals surface area contributed by atoms with Crippen LogP contribution in [0.1, 0.15) is 68.3 Å². The van der Waals surface area contributed by atoms with E-state index in [0.29, 0.717) is 12.1 Å². The van der Waals surface area contributed by atoms with Gasteiger partial charge in [0.1, 0.15) is 17.6 Å². The first-order valence-corrected chi connectivity index (χ1v) is 11.6. The van der Waals surface area contributed by atoms with Crippen LogP contribution in [0.2, 0.25) is 0 Å². The fourth-order valence-electron chi connectivity index (χ4n) is 4.65. The van der Waals surface area contributed by atoms with E-state index in [1.807, 2.05) is 43.3 Å². The van der Waals surface area contributed by atoms with Gasteiger partial charge in [-0.25, -0.2) is 0 Å². The first-order chi connectivity index (χ1) is 15.4. The summed E-state index contributed by atoms with van der Waals surface area (Å²) in [5.74, 6) is -0.465. The first kappa shape index (κ1) is 22.1. The third kappa shape index (κ3) is 4.04. The molecule has 32 heavy (non-hydrogen) atoms. The minimum absolute atomic E-state index is 0.0867. The number of aliphatic hydroxyl groups is 1. The Bertz CT molecular complexity index is 1050. The van der Waals surface area contributed by atoms with Crippen molar-refractivity contribution in [2.24, 2.45) is 0 Å². The summed E-state index contributed by atoms with van der Waals surface area (Å²) in [4.78, 5) is 27.7. The minimum Gasteiger partial charge on any atom is -0.507 e. The van der Waals surface area contributed by atoms with Crippen LogP contribution in [0.3, 0.4) is 0 Å². The van der Waals surface area contributed by atoms with Gasteiger partial charge in [-0.15, -0.1) is 0 Å². The highest BCUT2D eigenvalue weighted by atomic mass is 16.5. The summed E-state index contributed by atoms with van der Waals surface area (Å²) in [7, 11) is 0. The average Bonchev–Trinajstić information content (AvgIpc) is 3.29. The number of unbranched alkanes of at least 4 members (excludes halogenated alkanes) is 2. The number of rotatable bonds is 7. The van der Waals surface area contributed by atoms with E-state index in [2.05, 4.69) is 13.8 Å². The van der Waals surface area contributed by atoms with Gasteiger partial charge in [0.25, 0.3) is 11.7 Å². The number of amides is 1. The molecule has 1 fully saturated rings. The maximum Gasteiger partial charge on any atom is 0.295 e. The summed E-state index contributed by atoms with van der Waals surface area (Å²) in [6.07, 6.45) is 4.57. The topological polar surface area (TPSA) is 66.8 Å². The van der Waals surface area contributed by atoms with Crippen LogP contribution in [0.5, 0.6) is 5.75 Å². The lowest BCUT2D eigenvalue weighted by molar-refractivity contribution is -0.139. The molecule has 1 saturated heterocycles. The van der Waals surface area contributed by atoms with Crippen molar-refractivity contribution in [1.29, 1.82) is 0 Å². The molecule has 2 aliphatic heterocycles. The summed E-state index contributed by atoms with van der Waals surface area (Å²) < 4.78 is 5.76. The number of Topliss-reactive ketones (excluding diaryl/α,β-unsaturated/α-hetero) is 1. The summed E-state index contributed by atoms with van der Waals surface area (Å²) >= 11 is 0. The molecule has 0 radical (unpaired) electrons. The predicted octanol–water partition coefficient (Wildman–Crippen LogP) is 5.18. The molecule has 0 spiro atoms. The molecular formula is C27H31NO4. The fraction of sp³-hybridized carbons (Fsp3) is 0.407. The number of nitrogens with zero attached hydrogens (tertiary/aromatic N) is 1. The Hall–Kier alpha value is -3.08. The van der Waals surface area contributed by atoms with E-state index in [0.717, 1.165) is 49.0 Å². The zero-order valence-electron chi connectivity index (χ0n) is 19.1. The number of fused-ring (bicyclic) bond motifs is 1. The molecule has 5 heteroatoms. The number of aliphatic hydroxyl groups excluding tert-OH is 1. The van der Waals surface area contributed by atoms with Gasteiger partial charge in [0.05, 0.1) is 11.6 Å². The van der Waals surface area contributed by atoms with E-state index in [9.17, 15) is 14.7 Å². The molecule has 2 unspecified atom stereocenters. The maximum absolute atomic E-state index is 13.1. The number of benzene rings is 2. The van der Waals surface area contributed by atoms with Crippen molar-refractivity contribution >= 4 is 17.4 Å². The zero-order chi connectivity index (χ0) is 22.8. The molecule has 0 saturated carbocycles. The van der Waals surface area contributed by atoms with E-state index in [1.165, 1.54) is 5.56 Å². The van der Waals surface area contributed by atoms with Gasteiger partial charge in [0.2, 0.25) is 0 Å². The van der Waals surface area contributed by atoms with Crippen molar-refractivity contribution in [3.8, 4) is 5.75 Å². The maximum atomic E-state index is 13.1. The number of likely N-dealkylation sites (tertiary alicyclic amines) is 1. The summed E-state index contributed by atoms with van der Waals surface area (Å²) in [5.41, 5.74) is 3.75. The molecule has 2 aromatic carbocycles. The van der Waals surface area contributed by atoms with Crippen LogP contribution in [0.15, 0.2) is 48.0 Å². The Balaban J connectivity index is 1.79. The van der Waals surface area contributed by atoms with Crippen LogP contribution in [0.25, 0.3) is 5.76 Å². The number of hydrogen-bond donors (Lipinski definition) is 1. The van der Waals surface area contributed by atoms with Crippen molar-refractivity contribution in [3.05, 3.63) is 70.3 Å². The fourth-order valence-corrected chi connectivity index (χ4v) is 4.65. The van der Waals surface area contributed by atoms with Gasteiger partial charge in [0, 0.05) is 18.5 Å². The lowest BCUT2D eigenvalue weighted by Gasteiger charge is -2.25. The molecule has 1 amide bonds. The van der Waals surface area contributed by atoms with Crippen LogP contribution in [0.4, 0.5) is 0 Å². The normalized spacial score (nSPS) is 21.7. The molecule has 2 atom stereocenters. The van der Waals surface area contributed by atoms with Crippen LogP contribution in [-0.4, -0.2) is 34.3 Å². The second-order valence-corrected chi connectivity index (χ2v) is 8.75. The molecule has 0 bridgehead atoms. The Labute approximate surface area is 189 Å². The molecule has 0 aromatic heterocycles. The second-order valence-electron chi connectivity index (χ2n) is 8.75. The van der Waals surface area contributed by atoms with Crippen molar-refractivity contribution in [1.82, 2.24) is 4.90 Å². The second kappa shape index (κ2) is 9.19. The first-order valence-electron chi connectivity index (χ1n) is 11.6. The van der Waals surface area contributed by atoms with Gasteiger partial charge in [-0.05, 0) is 54.7 Å². The largest absolute Gasteiger partial charge is 0.507 e. The molecule has 2 heterocycles. The molecule has 4 rings (SSSR count). The Kier molecular flexibility index (Phi) is 6.35. The number of aryl methyl sites for hydroxylation is 1. The number of ether oxygens (including phenoxy) is 1. The van der Waals surface area contributed by atoms with Crippen molar-refractivity contribution in [2.75, 3.05) is 6.54 Å². The summed E-state index contributed by atoms with van der Waals surface area (Å²) in [6.45, 7) is 6.68. The molecule has 1 N–H and O–H groups in total. The lowest BCUT2D eigenvalue weighted by atomic mass is 9.93. The van der Waals surface area contributed by atoms with Gasteiger partial charge in [-0.2, -0.15) is 0 Å². The van der Waals surface area contributed by atoms with Crippen LogP contribution in [-0.2, 0) is 22.4 Å². The smallest absolute Gasteiger partial charge is 0.295 e. The highest BCUT2D eigenvalue weighted by Crippen LogP contribution is 2.40. The highest BCUT2D eigenvalue weighted by molar-refractivity contribution is 6.46. The summed E-state index contributed by atoms with van der Waals surface area (Å²) in [6, 6.07) is 12.9. The van der Waals surface area contributed by atoms with Gasteiger partial charge in [0.15, 0.2) is 0 Å². The number of hydrogen-bond acceptors (Lipinski definition) is 4. The zero-order valence-corrected chi connectivity index (χ0v) is 19.1. The van der Waals surface area contributed by atoms with Crippen molar-refractivity contribution < 1.29 is 19.4 Å². The number of carbonyl (C=O) groups excluding carboxylic acids is 2. The molecule has 2 aromatic rings. The van der Waals surface area contributed by atoms with Crippen LogP contribution >= 0.6 is 0 Å².